The van der Waals surface area contributed by atoms with Crippen molar-refractivity contribution in [3.8, 4) is 11.8 Å². The van der Waals surface area contributed by atoms with Gasteiger partial charge in [-0.25, -0.2) is 0 Å². The molecule has 13 heavy (non-hydrogen) atoms. The first-order valence-electron chi connectivity index (χ1n) is 4.08. The van der Waals surface area contributed by atoms with Gasteiger partial charge in [-0.2, -0.15) is 5.26 Å². The van der Waals surface area contributed by atoms with Gasteiger partial charge in [-0.15, -0.1) is 0 Å². The minimum absolute atomic E-state index is 0.374. The Morgan fingerprint density at radius 3 is 2.54 bits per heavy atom. The maximum Gasteiger partial charge on any atom is 0.184 e. The molecule has 0 aromatic heterocycles. The monoisotopic (exact) mass is 195 g/mol. The van der Waals surface area contributed by atoms with Crippen molar-refractivity contribution in [3.05, 3.63) is 29.3 Å². The molecule has 1 aromatic carbocycles. The van der Waals surface area contributed by atoms with Gasteiger partial charge in [0.1, 0.15) is 11.8 Å². The van der Waals surface area contributed by atoms with Crippen molar-refractivity contribution in [1.82, 2.24) is 0 Å². The fraction of sp³-hybridized carbons (Fsp3) is 0.300. The molecule has 0 aliphatic heterocycles. The zero-order valence-electron chi connectivity index (χ0n) is 7.33. The van der Waals surface area contributed by atoms with Crippen molar-refractivity contribution in [1.29, 1.82) is 5.26 Å². The number of halogens is 1. The fourth-order valence-electron chi connectivity index (χ4n) is 0.878. The second kappa shape index (κ2) is 4.74. The molecule has 0 aliphatic rings. The quantitative estimate of drug-likeness (QED) is 0.743. The zero-order chi connectivity index (χ0) is 9.68. The van der Waals surface area contributed by atoms with E-state index in [1.54, 1.807) is 24.3 Å². The SMILES string of the molecule is CCC(C#N)Oc1ccc(Cl)cc1. The van der Waals surface area contributed by atoms with Crippen LogP contribution >= 0.6 is 11.6 Å². The normalized spacial score (nSPS) is 11.8. The lowest BCUT2D eigenvalue weighted by atomic mass is 10.3. The molecule has 0 bridgehead atoms. The first-order chi connectivity index (χ1) is 6.26. The van der Waals surface area contributed by atoms with E-state index in [4.69, 9.17) is 21.6 Å². The topological polar surface area (TPSA) is 33.0 Å². The summed E-state index contributed by atoms with van der Waals surface area (Å²) in [6.45, 7) is 1.91. The summed E-state index contributed by atoms with van der Waals surface area (Å²) in [5.41, 5.74) is 0. The van der Waals surface area contributed by atoms with Crippen molar-refractivity contribution in [2.75, 3.05) is 0 Å². The van der Waals surface area contributed by atoms with Gasteiger partial charge in [-0.1, -0.05) is 18.5 Å². The second-order valence-electron chi connectivity index (χ2n) is 2.60. The number of ether oxygens (including phenoxy) is 1. The largest absolute Gasteiger partial charge is 0.476 e. The first kappa shape index (κ1) is 9.88. The highest BCUT2D eigenvalue weighted by Gasteiger charge is 2.04. The summed E-state index contributed by atoms with van der Waals surface area (Å²) in [6, 6.07) is 9.04. The Balaban J connectivity index is 2.64. The predicted molar refractivity (Wildman–Crippen MR) is 51.8 cm³/mol. The van der Waals surface area contributed by atoms with Gasteiger partial charge in [0.05, 0.1) is 0 Å². The molecule has 1 atom stereocenters. The van der Waals surface area contributed by atoms with E-state index in [0.29, 0.717) is 17.2 Å². The second-order valence-corrected chi connectivity index (χ2v) is 3.03. The number of hydrogen-bond donors (Lipinski definition) is 0. The Hall–Kier alpha value is -1.20. The van der Waals surface area contributed by atoms with Crippen molar-refractivity contribution in [3.63, 3.8) is 0 Å². The van der Waals surface area contributed by atoms with Gasteiger partial charge in [0.15, 0.2) is 6.10 Å². The fourth-order valence-corrected chi connectivity index (χ4v) is 1.00. The van der Waals surface area contributed by atoms with Crippen molar-refractivity contribution >= 4 is 11.6 Å². The summed E-state index contributed by atoms with van der Waals surface area (Å²) in [5.74, 6) is 0.679. The summed E-state index contributed by atoms with van der Waals surface area (Å²) >= 11 is 5.70. The van der Waals surface area contributed by atoms with Crippen molar-refractivity contribution < 1.29 is 4.74 Å². The van der Waals surface area contributed by atoms with Gasteiger partial charge >= 0.3 is 0 Å². The molecule has 0 N–H and O–H groups in total. The predicted octanol–water partition coefficient (Wildman–Crippen LogP) is 3.02. The molecule has 0 spiro atoms. The van der Waals surface area contributed by atoms with E-state index < -0.39 is 0 Å². The maximum absolute atomic E-state index is 8.64. The van der Waals surface area contributed by atoms with Crippen LogP contribution in [0.3, 0.4) is 0 Å². The van der Waals surface area contributed by atoms with Gasteiger partial charge in [0.25, 0.3) is 0 Å². The highest BCUT2D eigenvalue weighted by molar-refractivity contribution is 6.30. The van der Waals surface area contributed by atoms with Crippen LogP contribution in [0.4, 0.5) is 0 Å². The van der Waals surface area contributed by atoms with Crippen LogP contribution in [0, 0.1) is 11.3 Å². The minimum Gasteiger partial charge on any atom is -0.476 e. The first-order valence-corrected chi connectivity index (χ1v) is 4.46. The minimum atomic E-state index is -0.374. The third-order valence-corrected chi connectivity index (χ3v) is 1.86. The zero-order valence-corrected chi connectivity index (χ0v) is 8.08. The van der Waals surface area contributed by atoms with Crippen molar-refractivity contribution in [2.24, 2.45) is 0 Å². The molecule has 0 saturated heterocycles. The molecular weight excluding hydrogens is 186 g/mol. The lowest BCUT2D eigenvalue weighted by Crippen LogP contribution is -2.11. The summed E-state index contributed by atoms with van der Waals surface area (Å²) in [7, 11) is 0. The van der Waals surface area contributed by atoms with E-state index in [-0.39, 0.29) is 6.10 Å². The average molecular weight is 196 g/mol. The van der Waals surface area contributed by atoms with Gasteiger partial charge < -0.3 is 4.74 Å². The van der Waals surface area contributed by atoms with Gasteiger partial charge in [0, 0.05) is 5.02 Å². The third kappa shape index (κ3) is 2.96. The average Bonchev–Trinajstić information content (AvgIpc) is 2.17. The standard InChI is InChI=1S/C10H10ClNO/c1-2-9(7-12)13-10-5-3-8(11)4-6-10/h3-6,9H,2H2,1H3. The van der Waals surface area contributed by atoms with Crippen LogP contribution < -0.4 is 4.74 Å². The molecule has 0 fully saturated rings. The van der Waals surface area contributed by atoms with E-state index in [2.05, 4.69) is 6.07 Å². The number of benzene rings is 1. The van der Waals surface area contributed by atoms with Gasteiger partial charge in [-0.3, -0.25) is 0 Å². The summed E-state index contributed by atoms with van der Waals surface area (Å²) in [5, 5.41) is 9.31. The smallest absolute Gasteiger partial charge is 0.184 e. The van der Waals surface area contributed by atoms with E-state index in [0.717, 1.165) is 0 Å². The highest BCUT2D eigenvalue weighted by Crippen LogP contribution is 2.17. The molecular formula is C10H10ClNO. The van der Waals surface area contributed by atoms with Gasteiger partial charge in [0.2, 0.25) is 0 Å². The molecule has 1 aromatic rings. The van der Waals surface area contributed by atoms with E-state index in [9.17, 15) is 0 Å². The number of nitriles is 1. The van der Waals surface area contributed by atoms with Crippen LogP contribution in [0.15, 0.2) is 24.3 Å². The van der Waals surface area contributed by atoms with Crippen LogP contribution in [0.5, 0.6) is 5.75 Å². The molecule has 68 valence electrons. The molecule has 2 nitrogen and oxygen atoms in total. The van der Waals surface area contributed by atoms with E-state index >= 15 is 0 Å². The molecule has 0 aliphatic carbocycles. The molecule has 0 amide bonds. The molecule has 3 heteroatoms. The van der Waals surface area contributed by atoms with Crippen LogP contribution in [0.1, 0.15) is 13.3 Å². The Morgan fingerprint density at radius 2 is 2.08 bits per heavy atom. The van der Waals surface area contributed by atoms with Crippen LogP contribution in [-0.4, -0.2) is 6.10 Å². The number of rotatable bonds is 3. The number of nitrogens with zero attached hydrogens (tertiary/aromatic N) is 1. The molecule has 0 heterocycles. The van der Waals surface area contributed by atoms with Gasteiger partial charge in [-0.05, 0) is 30.7 Å². The highest BCUT2D eigenvalue weighted by atomic mass is 35.5. The summed E-state index contributed by atoms with van der Waals surface area (Å²) in [6.07, 6.45) is 0.306. The lowest BCUT2D eigenvalue weighted by molar-refractivity contribution is 0.252. The Labute approximate surface area is 82.7 Å². The van der Waals surface area contributed by atoms with E-state index in [1.807, 2.05) is 6.92 Å². The molecule has 1 unspecified atom stereocenters. The third-order valence-electron chi connectivity index (χ3n) is 1.61. The van der Waals surface area contributed by atoms with E-state index in [1.165, 1.54) is 0 Å². The van der Waals surface area contributed by atoms with Crippen LogP contribution in [0.2, 0.25) is 5.02 Å². The van der Waals surface area contributed by atoms with Crippen LogP contribution in [-0.2, 0) is 0 Å². The summed E-state index contributed by atoms with van der Waals surface area (Å²) in [4.78, 5) is 0. The number of hydrogen-bond acceptors (Lipinski definition) is 2. The molecule has 1 rings (SSSR count). The maximum atomic E-state index is 8.64. The van der Waals surface area contributed by atoms with Crippen molar-refractivity contribution in [2.45, 2.75) is 19.4 Å². The Kier molecular flexibility index (Phi) is 3.60. The molecule has 0 saturated carbocycles. The summed E-state index contributed by atoms with van der Waals surface area (Å²) < 4.78 is 5.35. The van der Waals surface area contributed by atoms with Crippen LogP contribution in [0.25, 0.3) is 0 Å². The lowest BCUT2D eigenvalue weighted by Gasteiger charge is -2.09. The Bertz CT molecular complexity index is 302. The molecule has 0 radical (unpaired) electrons. The Morgan fingerprint density at radius 1 is 1.46 bits per heavy atom.